The van der Waals surface area contributed by atoms with Crippen LogP contribution in [0.2, 0.25) is 0 Å². The summed E-state index contributed by atoms with van der Waals surface area (Å²) >= 11 is 0. The van der Waals surface area contributed by atoms with Crippen molar-refractivity contribution in [2.45, 2.75) is 12.5 Å². The molecule has 1 atom stereocenters. The van der Waals surface area contributed by atoms with Crippen LogP contribution in [0, 0.1) is 0 Å². The Labute approximate surface area is 117 Å². The molecular weight excluding hydrogens is 258 g/mol. The van der Waals surface area contributed by atoms with Crippen LogP contribution in [0.4, 0.5) is 0 Å². The normalized spacial score (nSPS) is 14.2. The van der Waals surface area contributed by atoms with Crippen molar-refractivity contribution in [1.29, 1.82) is 0 Å². The monoisotopic (exact) mass is 275 g/mol. The van der Waals surface area contributed by atoms with Gasteiger partial charge in [-0.15, -0.1) is 0 Å². The molecular formula is C15H17NO4. The van der Waals surface area contributed by atoms with E-state index in [1.165, 1.54) is 0 Å². The smallest absolute Gasteiger partial charge is 0.231 e. The van der Waals surface area contributed by atoms with Crippen molar-refractivity contribution in [2.75, 3.05) is 20.4 Å². The van der Waals surface area contributed by atoms with Crippen LogP contribution >= 0.6 is 0 Å². The predicted molar refractivity (Wildman–Crippen MR) is 73.2 cm³/mol. The van der Waals surface area contributed by atoms with Gasteiger partial charge in [0.1, 0.15) is 5.76 Å². The summed E-state index contributed by atoms with van der Waals surface area (Å²) in [4.78, 5) is 0. The summed E-state index contributed by atoms with van der Waals surface area (Å²) in [5, 5.41) is 3.12. The molecule has 20 heavy (non-hydrogen) atoms. The van der Waals surface area contributed by atoms with Gasteiger partial charge in [-0.05, 0) is 37.9 Å². The van der Waals surface area contributed by atoms with Crippen molar-refractivity contribution in [3.63, 3.8) is 0 Å². The van der Waals surface area contributed by atoms with Crippen molar-refractivity contribution < 1.29 is 18.6 Å². The number of benzene rings is 1. The molecule has 1 aromatic heterocycles. The lowest BCUT2D eigenvalue weighted by atomic mass is 10.2. The van der Waals surface area contributed by atoms with Crippen molar-refractivity contribution in [1.82, 2.24) is 5.32 Å². The van der Waals surface area contributed by atoms with Crippen LogP contribution in [0.1, 0.15) is 18.3 Å². The molecule has 2 heterocycles. The minimum Gasteiger partial charge on any atom is -0.478 e. The predicted octanol–water partition coefficient (Wildman–Crippen LogP) is 2.74. The Kier molecular flexibility index (Phi) is 3.78. The largest absolute Gasteiger partial charge is 0.478 e. The van der Waals surface area contributed by atoms with Crippen LogP contribution in [0.25, 0.3) is 0 Å². The first-order valence-electron chi connectivity index (χ1n) is 6.62. The molecule has 0 amide bonds. The second-order valence-corrected chi connectivity index (χ2v) is 4.50. The molecule has 1 aliphatic rings. The number of rotatable bonds is 6. The molecule has 0 spiro atoms. The number of furan rings is 1. The summed E-state index contributed by atoms with van der Waals surface area (Å²) in [7, 11) is 1.91. The molecule has 1 unspecified atom stereocenters. The van der Waals surface area contributed by atoms with Gasteiger partial charge < -0.3 is 23.9 Å². The number of para-hydroxylation sites is 1. The molecule has 0 bridgehead atoms. The van der Waals surface area contributed by atoms with Gasteiger partial charge in [-0.1, -0.05) is 6.07 Å². The van der Waals surface area contributed by atoms with Crippen LogP contribution in [0.3, 0.4) is 0 Å². The van der Waals surface area contributed by atoms with Gasteiger partial charge in [0.2, 0.25) is 12.5 Å². The van der Waals surface area contributed by atoms with Gasteiger partial charge in [-0.25, -0.2) is 0 Å². The van der Waals surface area contributed by atoms with Gasteiger partial charge in [0.15, 0.2) is 17.6 Å². The van der Waals surface area contributed by atoms with E-state index in [-0.39, 0.29) is 12.9 Å². The fourth-order valence-corrected chi connectivity index (χ4v) is 2.16. The van der Waals surface area contributed by atoms with E-state index in [2.05, 4.69) is 5.32 Å². The van der Waals surface area contributed by atoms with E-state index in [0.717, 1.165) is 18.7 Å². The minimum atomic E-state index is -0.159. The van der Waals surface area contributed by atoms with E-state index in [4.69, 9.17) is 18.6 Å². The van der Waals surface area contributed by atoms with Crippen LogP contribution in [0.15, 0.2) is 41.0 Å². The lowest BCUT2D eigenvalue weighted by Crippen LogP contribution is -2.16. The van der Waals surface area contributed by atoms with Gasteiger partial charge in [0, 0.05) is 6.42 Å². The van der Waals surface area contributed by atoms with E-state index in [0.29, 0.717) is 17.2 Å². The van der Waals surface area contributed by atoms with Crippen LogP contribution in [-0.2, 0) is 0 Å². The summed E-state index contributed by atoms with van der Waals surface area (Å²) in [6, 6.07) is 9.41. The summed E-state index contributed by atoms with van der Waals surface area (Å²) in [6.07, 6.45) is 2.29. The third kappa shape index (κ3) is 2.58. The van der Waals surface area contributed by atoms with Gasteiger partial charge >= 0.3 is 0 Å². The molecule has 0 saturated carbocycles. The summed E-state index contributed by atoms with van der Waals surface area (Å²) in [5.41, 5.74) is 0. The Bertz CT molecular complexity index is 553. The molecule has 1 aliphatic heterocycles. The van der Waals surface area contributed by atoms with E-state index in [1.807, 2.05) is 37.4 Å². The quantitative estimate of drug-likeness (QED) is 0.878. The summed E-state index contributed by atoms with van der Waals surface area (Å²) in [6.45, 7) is 1.06. The Balaban J connectivity index is 1.81. The average molecular weight is 275 g/mol. The highest BCUT2D eigenvalue weighted by Crippen LogP contribution is 2.42. The van der Waals surface area contributed by atoms with Gasteiger partial charge in [-0.2, -0.15) is 0 Å². The average Bonchev–Trinajstić information content (AvgIpc) is 3.14. The van der Waals surface area contributed by atoms with Crippen LogP contribution < -0.4 is 19.5 Å². The molecule has 5 heteroatoms. The Morgan fingerprint density at radius 2 is 2.20 bits per heavy atom. The van der Waals surface area contributed by atoms with Gasteiger partial charge in [0.05, 0.1) is 6.26 Å². The maximum atomic E-state index is 6.07. The first kappa shape index (κ1) is 12.9. The van der Waals surface area contributed by atoms with E-state index >= 15 is 0 Å². The van der Waals surface area contributed by atoms with E-state index in [9.17, 15) is 0 Å². The van der Waals surface area contributed by atoms with E-state index in [1.54, 1.807) is 6.26 Å². The first-order valence-corrected chi connectivity index (χ1v) is 6.62. The second kappa shape index (κ2) is 5.88. The molecule has 0 saturated heterocycles. The van der Waals surface area contributed by atoms with Gasteiger partial charge in [-0.3, -0.25) is 0 Å². The first-order chi connectivity index (χ1) is 9.88. The fourth-order valence-electron chi connectivity index (χ4n) is 2.16. The summed E-state index contributed by atoms with van der Waals surface area (Å²) < 4.78 is 22.3. The zero-order valence-corrected chi connectivity index (χ0v) is 11.3. The minimum absolute atomic E-state index is 0.159. The third-order valence-electron chi connectivity index (χ3n) is 3.15. The molecule has 3 rings (SSSR count). The maximum absolute atomic E-state index is 6.07. The van der Waals surface area contributed by atoms with Crippen LogP contribution in [-0.4, -0.2) is 20.4 Å². The SMILES string of the molecule is CNCCC(Oc1cccc2c1OCO2)c1ccco1. The van der Waals surface area contributed by atoms with E-state index < -0.39 is 0 Å². The molecule has 1 aromatic carbocycles. The highest BCUT2D eigenvalue weighted by molar-refractivity contribution is 5.52. The van der Waals surface area contributed by atoms with Crippen molar-refractivity contribution in [3.8, 4) is 17.2 Å². The number of ether oxygens (including phenoxy) is 3. The zero-order valence-electron chi connectivity index (χ0n) is 11.3. The number of fused-ring (bicyclic) bond motifs is 1. The van der Waals surface area contributed by atoms with Crippen molar-refractivity contribution >= 4 is 0 Å². The van der Waals surface area contributed by atoms with Crippen LogP contribution in [0.5, 0.6) is 17.2 Å². The topological polar surface area (TPSA) is 52.9 Å². The lowest BCUT2D eigenvalue weighted by molar-refractivity contribution is 0.147. The van der Waals surface area contributed by atoms with Crippen molar-refractivity contribution in [3.05, 3.63) is 42.4 Å². The molecule has 0 radical (unpaired) electrons. The van der Waals surface area contributed by atoms with Crippen molar-refractivity contribution in [2.24, 2.45) is 0 Å². The summed E-state index contributed by atoms with van der Waals surface area (Å²) in [5.74, 6) is 2.86. The second-order valence-electron chi connectivity index (χ2n) is 4.50. The highest BCUT2D eigenvalue weighted by Gasteiger charge is 2.23. The van der Waals surface area contributed by atoms with Gasteiger partial charge in [0.25, 0.3) is 0 Å². The molecule has 106 valence electrons. The maximum Gasteiger partial charge on any atom is 0.231 e. The fraction of sp³-hybridized carbons (Fsp3) is 0.333. The Morgan fingerprint density at radius 3 is 3.00 bits per heavy atom. The molecule has 1 N–H and O–H groups in total. The third-order valence-corrected chi connectivity index (χ3v) is 3.15. The number of hydrogen-bond acceptors (Lipinski definition) is 5. The lowest BCUT2D eigenvalue weighted by Gasteiger charge is -2.18. The number of hydrogen-bond donors (Lipinski definition) is 1. The molecule has 0 fully saturated rings. The zero-order chi connectivity index (χ0) is 13.8. The molecule has 5 nitrogen and oxygen atoms in total. The molecule has 2 aromatic rings. The Hall–Kier alpha value is -2.14. The number of nitrogens with one attached hydrogen (secondary N) is 1. The standard InChI is InChI=1S/C15H17NO4/c1-16-8-7-12(11-6-3-9-17-11)20-14-5-2-4-13-15(14)19-10-18-13/h2-6,9,12,16H,7-8,10H2,1H3. The highest BCUT2D eigenvalue weighted by atomic mass is 16.7. The Morgan fingerprint density at radius 1 is 1.25 bits per heavy atom. The molecule has 0 aliphatic carbocycles.